The van der Waals surface area contributed by atoms with Crippen LogP contribution in [-0.2, 0) is 0 Å². The fourth-order valence-corrected chi connectivity index (χ4v) is 2.18. The van der Waals surface area contributed by atoms with Crippen molar-refractivity contribution in [2.45, 2.75) is 33.7 Å². The summed E-state index contributed by atoms with van der Waals surface area (Å²) in [6.07, 6.45) is 1.31. The van der Waals surface area contributed by atoms with Gasteiger partial charge in [0.25, 0.3) is 5.91 Å². The second-order valence-electron chi connectivity index (χ2n) is 5.57. The van der Waals surface area contributed by atoms with E-state index in [-0.39, 0.29) is 17.4 Å². The van der Waals surface area contributed by atoms with Gasteiger partial charge >= 0.3 is 0 Å². The Morgan fingerprint density at radius 2 is 2.21 bits per heavy atom. The lowest BCUT2D eigenvalue weighted by molar-refractivity contribution is 0.0906. The molecule has 0 fully saturated rings. The van der Waals surface area contributed by atoms with Crippen LogP contribution in [0.15, 0.2) is 28.3 Å². The van der Waals surface area contributed by atoms with E-state index < -0.39 is 0 Å². The van der Waals surface area contributed by atoms with E-state index in [4.69, 9.17) is 4.42 Å². The van der Waals surface area contributed by atoms with Gasteiger partial charge in [0, 0.05) is 6.04 Å². The van der Waals surface area contributed by atoms with E-state index >= 15 is 0 Å². The third-order valence-corrected chi connectivity index (χ3v) is 4.04. The van der Waals surface area contributed by atoms with E-state index in [9.17, 15) is 4.79 Å². The number of rotatable bonds is 3. The molecule has 0 spiro atoms. The molecule has 0 saturated carbocycles. The molecule has 1 unspecified atom stereocenters. The van der Waals surface area contributed by atoms with Crippen LogP contribution in [0.3, 0.4) is 0 Å². The second-order valence-corrected chi connectivity index (χ2v) is 6.52. The first-order valence-electron chi connectivity index (χ1n) is 6.18. The number of thiophene rings is 1. The number of amides is 1. The van der Waals surface area contributed by atoms with Gasteiger partial charge in [0.15, 0.2) is 17.8 Å². The lowest BCUT2D eigenvalue weighted by atomic mass is 9.88. The van der Waals surface area contributed by atoms with Crippen molar-refractivity contribution >= 4 is 17.2 Å². The maximum atomic E-state index is 12.2. The molecule has 0 aliphatic rings. The highest BCUT2D eigenvalue weighted by Crippen LogP contribution is 2.28. The first-order valence-corrected chi connectivity index (χ1v) is 7.06. The summed E-state index contributed by atoms with van der Waals surface area (Å²) in [5.41, 5.74) is 0.348. The predicted molar refractivity (Wildman–Crippen MR) is 76.2 cm³/mol. The van der Waals surface area contributed by atoms with E-state index in [0.717, 1.165) is 4.88 Å². The Kier molecular flexibility index (Phi) is 3.75. The van der Waals surface area contributed by atoms with E-state index in [1.165, 1.54) is 17.7 Å². The van der Waals surface area contributed by atoms with Gasteiger partial charge in [-0.15, -0.1) is 11.3 Å². The van der Waals surface area contributed by atoms with Gasteiger partial charge in [0.2, 0.25) is 0 Å². The van der Waals surface area contributed by atoms with Gasteiger partial charge in [-0.3, -0.25) is 4.79 Å². The number of hydrogen-bond donors (Lipinski definition) is 1. The van der Waals surface area contributed by atoms with Crippen molar-refractivity contribution in [3.05, 3.63) is 29.6 Å². The summed E-state index contributed by atoms with van der Waals surface area (Å²) >= 11 is 1.52. The van der Waals surface area contributed by atoms with Crippen molar-refractivity contribution in [3.63, 3.8) is 0 Å². The Balaban J connectivity index is 2.20. The summed E-state index contributed by atoms with van der Waals surface area (Å²) in [4.78, 5) is 17.2. The van der Waals surface area contributed by atoms with Crippen LogP contribution in [0, 0.1) is 5.41 Å². The van der Waals surface area contributed by atoms with Crippen LogP contribution < -0.4 is 5.32 Å². The average Bonchev–Trinajstić information content (AvgIpc) is 2.98. The van der Waals surface area contributed by atoms with Crippen LogP contribution >= 0.6 is 11.3 Å². The van der Waals surface area contributed by atoms with E-state index in [0.29, 0.717) is 11.5 Å². The van der Waals surface area contributed by atoms with Gasteiger partial charge in [-0.1, -0.05) is 26.8 Å². The lowest BCUT2D eigenvalue weighted by Gasteiger charge is -2.27. The molecule has 2 heterocycles. The van der Waals surface area contributed by atoms with Crippen molar-refractivity contribution < 1.29 is 9.21 Å². The molecule has 1 atom stereocenters. The summed E-state index contributed by atoms with van der Waals surface area (Å²) in [5, 5.41) is 4.91. The molecular weight excluding hydrogens is 260 g/mol. The van der Waals surface area contributed by atoms with E-state index in [1.807, 2.05) is 24.4 Å². The van der Waals surface area contributed by atoms with Crippen molar-refractivity contribution in [2.24, 2.45) is 5.41 Å². The number of aromatic nitrogens is 1. The average molecular weight is 278 g/mol. The third kappa shape index (κ3) is 3.04. The Morgan fingerprint density at radius 3 is 2.79 bits per heavy atom. The second kappa shape index (κ2) is 5.17. The first kappa shape index (κ1) is 13.8. The maximum Gasteiger partial charge on any atom is 0.274 e. The predicted octanol–water partition coefficient (Wildman–Crippen LogP) is 3.57. The minimum atomic E-state index is -0.195. The fraction of sp³-hybridized carbons (Fsp3) is 0.429. The van der Waals surface area contributed by atoms with Crippen LogP contribution in [0.25, 0.3) is 10.6 Å². The Hall–Kier alpha value is -1.62. The zero-order chi connectivity index (χ0) is 14.0. The topological polar surface area (TPSA) is 55.1 Å². The van der Waals surface area contributed by atoms with Crippen molar-refractivity contribution in [1.29, 1.82) is 0 Å². The van der Waals surface area contributed by atoms with E-state index in [2.05, 4.69) is 31.1 Å². The quantitative estimate of drug-likeness (QED) is 0.933. The minimum Gasteiger partial charge on any atom is -0.442 e. The number of nitrogens with zero attached hydrogens (tertiary/aromatic N) is 1. The smallest absolute Gasteiger partial charge is 0.274 e. The van der Waals surface area contributed by atoms with Gasteiger partial charge < -0.3 is 9.73 Å². The van der Waals surface area contributed by atoms with Gasteiger partial charge in [-0.2, -0.15) is 0 Å². The molecule has 0 aromatic carbocycles. The first-order chi connectivity index (χ1) is 8.89. The molecule has 0 saturated heterocycles. The van der Waals surface area contributed by atoms with Crippen LogP contribution in [0.2, 0.25) is 0 Å². The van der Waals surface area contributed by atoms with Crippen LogP contribution in [0.5, 0.6) is 0 Å². The monoisotopic (exact) mass is 278 g/mol. The summed E-state index contributed by atoms with van der Waals surface area (Å²) in [5.74, 6) is 0.341. The molecule has 5 heteroatoms. The molecule has 0 bridgehead atoms. The van der Waals surface area contributed by atoms with Gasteiger partial charge in [-0.05, 0) is 23.8 Å². The zero-order valence-electron chi connectivity index (χ0n) is 11.6. The molecule has 2 aromatic rings. The minimum absolute atomic E-state index is 0.00247. The summed E-state index contributed by atoms with van der Waals surface area (Å²) < 4.78 is 5.34. The Morgan fingerprint density at radius 1 is 1.47 bits per heavy atom. The number of nitrogens with one attached hydrogen (secondary N) is 1. The van der Waals surface area contributed by atoms with Crippen molar-refractivity contribution in [1.82, 2.24) is 10.3 Å². The molecule has 0 aliphatic carbocycles. The maximum absolute atomic E-state index is 12.2. The van der Waals surface area contributed by atoms with Crippen LogP contribution in [0.1, 0.15) is 38.2 Å². The summed E-state index contributed by atoms with van der Waals surface area (Å²) in [6.45, 7) is 8.24. The Labute approximate surface area is 116 Å². The Bertz CT molecular complexity index is 552. The van der Waals surface area contributed by atoms with E-state index in [1.54, 1.807) is 0 Å². The highest BCUT2D eigenvalue weighted by molar-refractivity contribution is 7.13. The molecule has 0 aliphatic heterocycles. The molecule has 19 heavy (non-hydrogen) atoms. The molecule has 0 radical (unpaired) electrons. The van der Waals surface area contributed by atoms with Gasteiger partial charge in [0.1, 0.15) is 0 Å². The molecule has 1 amide bonds. The summed E-state index contributed by atoms with van der Waals surface area (Å²) in [6, 6.07) is 3.88. The number of carbonyl (C=O) groups is 1. The molecule has 102 valence electrons. The molecule has 2 rings (SSSR count). The third-order valence-electron chi connectivity index (χ3n) is 3.17. The fourth-order valence-electron chi connectivity index (χ4n) is 1.47. The molecule has 2 aromatic heterocycles. The standard InChI is InChI=1S/C14H18N2O2S/c1-9(14(2,3)4)16-13(17)11-12(18-8-15-11)10-6-5-7-19-10/h5-9H,1-4H3,(H,16,17). The molecule has 4 nitrogen and oxygen atoms in total. The van der Waals surface area contributed by atoms with Crippen LogP contribution in [0.4, 0.5) is 0 Å². The number of carbonyl (C=O) groups excluding carboxylic acids is 1. The highest BCUT2D eigenvalue weighted by Gasteiger charge is 2.25. The zero-order valence-corrected chi connectivity index (χ0v) is 12.4. The summed E-state index contributed by atoms with van der Waals surface area (Å²) in [7, 11) is 0. The number of hydrogen-bond acceptors (Lipinski definition) is 4. The van der Waals surface area contributed by atoms with Crippen LogP contribution in [-0.4, -0.2) is 16.9 Å². The largest absolute Gasteiger partial charge is 0.442 e. The lowest BCUT2D eigenvalue weighted by Crippen LogP contribution is -2.41. The van der Waals surface area contributed by atoms with Gasteiger partial charge in [-0.25, -0.2) is 4.98 Å². The number of oxazole rings is 1. The van der Waals surface area contributed by atoms with Crippen molar-refractivity contribution in [2.75, 3.05) is 0 Å². The molecular formula is C14H18N2O2S. The SMILES string of the molecule is CC(NC(=O)c1ncoc1-c1cccs1)C(C)(C)C. The van der Waals surface area contributed by atoms with Gasteiger partial charge in [0.05, 0.1) is 4.88 Å². The normalized spacial score (nSPS) is 13.3. The molecule has 1 N–H and O–H groups in total. The highest BCUT2D eigenvalue weighted by atomic mass is 32.1. The van der Waals surface area contributed by atoms with Crippen molar-refractivity contribution in [3.8, 4) is 10.6 Å².